The molecule has 1 aromatic heterocycles. The number of rotatable bonds is 2. The molecule has 1 aliphatic carbocycles. The van der Waals surface area contributed by atoms with Crippen LogP contribution in [-0.4, -0.2) is 16.0 Å². The van der Waals surface area contributed by atoms with E-state index in [1.807, 2.05) is 18.2 Å². The van der Waals surface area contributed by atoms with Crippen LogP contribution in [0.3, 0.4) is 0 Å². The van der Waals surface area contributed by atoms with Crippen LogP contribution in [0, 0.1) is 0 Å². The topological polar surface area (TPSA) is 37.8 Å². The number of hydrogen-bond donors (Lipinski definition) is 1. The number of benzene rings is 1. The van der Waals surface area contributed by atoms with Gasteiger partial charge in [0.05, 0.1) is 5.52 Å². The van der Waals surface area contributed by atoms with Crippen molar-refractivity contribution in [2.45, 2.75) is 31.7 Å². The molecule has 0 bridgehead atoms. The highest BCUT2D eigenvalue weighted by Crippen LogP contribution is 2.26. The van der Waals surface area contributed by atoms with Gasteiger partial charge in [-0.25, -0.2) is 9.97 Å². The lowest BCUT2D eigenvalue weighted by molar-refractivity contribution is 0.751. The van der Waals surface area contributed by atoms with Crippen molar-refractivity contribution in [2.75, 3.05) is 5.32 Å². The zero-order chi connectivity index (χ0) is 11.7. The van der Waals surface area contributed by atoms with E-state index in [9.17, 15) is 0 Å². The maximum atomic E-state index is 5.96. The van der Waals surface area contributed by atoms with E-state index in [-0.39, 0.29) is 0 Å². The molecule has 1 fully saturated rings. The Balaban J connectivity index is 1.97. The van der Waals surface area contributed by atoms with Crippen LogP contribution in [0.25, 0.3) is 10.9 Å². The van der Waals surface area contributed by atoms with Crippen LogP contribution >= 0.6 is 11.6 Å². The van der Waals surface area contributed by atoms with E-state index >= 15 is 0 Å². The SMILES string of the molecule is Clc1ccc2c(NC3CCCC3)ncnc2c1. The molecule has 17 heavy (non-hydrogen) atoms. The van der Waals surface area contributed by atoms with Gasteiger partial charge in [0, 0.05) is 16.5 Å². The maximum Gasteiger partial charge on any atom is 0.137 e. The van der Waals surface area contributed by atoms with Crippen LogP contribution in [0.15, 0.2) is 24.5 Å². The summed E-state index contributed by atoms with van der Waals surface area (Å²) in [5.41, 5.74) is 0.896. The summed E-state index contributed by atoms with van der Waals surface area (Å²) in [5, 5.41) is 5.27. The third kappa shape index (κ3) is 2.20. The van der Waals surface area contributed by atoms with E-state index in [4.69, 9.17) is 11.6 Å². The van der Waals surface area contributed by atoms with E-state index < -0.39 is 0 Å². The largest absolute Gasteiger partial charge is 0.367 e. The van der Waals surface area contributed by atoms with E-state index in [1.165, 1.54) is 25.7 Å². The zero-order valence-electron chi connectivity index (χ0n) is 9.49. The molecular weight excluding hydrogens is 234 g/mol. The Hall–Kier alpha value is -1.35. The lowest BCUT2D eigenvalue weighted by Gasteiger charge is -2.14. The van der Waals surface area contributed by atoms with Gasteiger partial charge in [-0.3, -0.25) is 0 Å². The van der Waals surface area contributed by atoms with Gasteiger partial charge in [-0.15, -0.1) is 0 Å². The molecule has 0 aliphatic heterocycles. The first-order chi connectivity index (χ1) is 8.33. The fourth-order valence-corrected chi connectivity index (χ4v) is 2.58. The number of anilines is 1. The third-order valence-corrected chi connectivity index (χ3v) is 3.53. The summed E-state index contributed by atoms with van der Waals surface area (Å²) in [6, 6.07) is 6.30. The molecule has 0 saturated heterocycles. The monoisotopic (exact) mass is 247 g/mol. The van der Waals surface area contributed by atoms with Crippen LogP contribution in [0.5, 0.6) is 0 Å². The quantitative estimate of drug-likeness (QED) is 0.881. The molecule has 0 unspecified atom stereocenters. The summed E-state index contributed by atoms with van der Waals surface area (Å²) in [6.45, 7) is 0. The normalized spacial score (nSPS) is 16.5. The molecular formula is C13H14ClN3. The van der Waals surface area contributed by atoms with E-state index in [0.717, 1.165) is 16.7 Å². The maximum absolute atomic E-state index is 5.96. The number of halogens is 1. The number of nitrogens with zero attached hydrogens (tertiary/aromatic N) is 2. The van der Waals surface area contributed by atoms with Crippen LogP contribution in [0.4, 0.5) is 5.82 Å². The van der Waals surface area contributed by atoms with Crippen molar-refractivity contribution in [3.05, 3.63) is 29.5 Å². The molecule has 0 atom stereocenters. The van der Waals surface area contributed by atoms with Gasteiger partial charge in [0.1, 0.15) is 12.1 Å². The highest BCUT2D eigenvalue weighted by molar-refractivity contribution is 6.31. The summed E-state index contributed by atoms with van der Waals surface area (Å²) in [5.74, 6) is 0.929. The number of nitrogens with one attached hydrogen (secondary N) is 1. The fraction of sp³-hybridized carbons (Fsp3) is 0.385. The smallest absolute Gasteiger partial charge is 0.137 e. The Kier molecular flexibility index (Phi) is 2.85. The Bertz CT molecular complexity index is 535. The number of hydrogen-bond acceptors (Lipinski definition) is 3. The molecule has 0 spiro atoms. The van der Waals surface area contributed by atoms with Gasteiger partial charge in [-0.05, 0) is 31.0 Å². The van der Waals surface area contributed by atoms with Crippen molar-refractivity contribution in [3.63, 3.8) is 0 Å². The lowest BCUT2D eigenvalue weighted by Crippen LogP contribution is -2.15. The van der Waals surface area contributed by atoms with Crippen molar-refractivity contribution in [1.29, 1.82) is 0 Å². The predicted octanol–water partition coefficient (Wildman–Crippen LogP) is 3.64. The highest BCUT2D eigenvalue weighted by atomic mass is 35.5. The second kappa shape index (κ2) is 4.49. The van der Waals surface area contributed by atoms with Gasteiger partial charge in [0.25, 0.3) is 0 Å². The Morgan fingerprint density at radius 3 is 2.82 bits per heavy atom. The molecule has 2 aromatic rings. The molecule has 88 valence electrons. The predicted molar refractivity (Wildman–Crippen MR) is 70.4 cm³/mol. The van der Waals surface area contributed by atoms with Crippen LogP contribution in [0.2, 0.25) is 5.02 Å². The Labute approximate surface area is 105 Å². The van der Waals surface area contributed by atoms with Gasteiger partial charge in [-0.1, -0.05) is 24.4 Å². The molecule has 3 rings (SSSR count). The van der Waals surface area contributed by atoms with Gasteiger partial charge in [0.2, 0.25) is 0 Å². The van der Waals surface area contributed by atoms with Crippen molar-refractivity contribution in [3.8, 4) is 0 Å². The molecule has 1 aromatic carbocycles. The van der Waals surface area contributed by atoms with E-state index in [0.29, 0.717) is 11.1 Å². The highest BCUT2D eigenvalue weighted by Gasteiger charge is 2.16. The molecule has 1 aliphatic rings. The van der Waals surface area contributed by atoms with E-state index in [2.05, 4.69) is 15.3 Å². The summed E-state index contributed by atoms with van der Waals surface area (Å²) in [6.07, 6.45) is 6.69. The van der Waals surface area contributed by atoms with Crippen molar-refractivity contribution in [1.82, 2.24) is 9.97 Å². The first-order valence-electron chi connectivity index (χ1n) is 6.00. The van der Waals surface area contributed by atoms with Crippen LogP contribution in [0.1, 0.15) is 25.7 Å². The molecule has 4 heteroatoms. The first kappa shape index (κ1) is 10.8. The zero-order valence-corrected chi connectivity index (χ0v) is 10.2. The molecule has 3 nitrogen and oxygen atoms in total. The molecule has 1 N–H and O–H groups in total. The van der Waals surface area contributed by atoms with E-state index in [1.54, 1.807) is 6.33 Å². The van der Waals surface area contributed by atoms with Gasteiger partial charge in [-0.2, -0.15) is 0 Å². The van der Waals surface area contributed by atoms with Crippen molar-refractivity contribution < 1.29 is 0 Å². The minimum absolute atomic E-state index is 0.559. The Morgan fingerprint density at radius 1 is 1.18 bits per heavy atom. The van der Waals surface area contributed by atoms with Crippen LogP contribution < -0.4 is 5.32 Å². The summed E-state index contributed by atoms with van der Waals surface area (Å²) >= 11 is 5.96. The molecule has 1 heterocycles. The molecule has 0 amide bonds. The molecule has 0 radical (unpaired) electrons. The third-order valence-electron chi connectivity index (χ3n) is 3.29. The minimum atomic E-state index is 0.559. The molecule has 1 saturated carbocycles. The number of fused-ring (bicyclic) bond motifs is 1. The van der Waals surface area contributed by atoms with Crippen molar-refractivity contribution in [2.24, 2.45) is 0 Å². The fourth-order valence-electron chi connectivity index (χ4n) is 2.41. The Morgan fingerprint density at radius 2 is 2.00 bits per heavy atom. The standard InChI is InChI=1S/C13H14ClN3/c14-9-5-6-11-12(7-9)15-8-16-13(11)17-10-3-1-2-4-10/h5-8,10H,1-4H2,(H,15,16,17). The van der Waals surface area contributed by atoms with Gasteiger partial charge >= 0.3 is 0 Å². The summed E-state index contributed by atoms with van der Waals surface area (Å²) in [4.78, 5) is 8.58. The first-order valence-corrected chi connectivity index (χ1v) is 6.37. The van der Waals surface area contributed by atoms with Gasteiger partial charge in [0.15, 0.2) is 0 Å². The lowest BCUT2D eigenvalue weighted by atomic mass is 10.2. The van der Waals surface area contributed by atoms with Crippen molar-refractivity contribution >= 4 is 28.3 Å². The second-order valence-electron chi connectivity index (χ2n) is 4.51. The average Bonchev–Trinajstić information content (AvgIpc) is 2.82. The minimum Gasteiger partial charge on any atom is -0.367 e. The van der Waals surface area contributed by atoms with Gasteiger partial charge < -0.3 is 5.32 Å². The summed E-state index contributed by atoms with van der Waals surface area (Å²) < 4.78 is 0. The second-order valence-corrected chi connectivity index (χ2v) is 4.95. The summed E-state index contributed by atoms with van der Waals surface area (Å²) in [7, 11) is 0. The number of aromatic nitrogens is 2. The average molecular weight is 248 g/mol. The van der Waals surface area contributed by atoms with Crippen LogP contribution in [-0.2, 0) is 0 Å².